The normalized spacial score (nSPS) is 19.0. The van der Waals surface area contributed by atoms with E-state index in [0.717, 1.165) is 70.0 Å². The fraction of sp³-hybridized carbons (Fsp3) is 0.522. The summed E-state index contributed by atoms with van der Waals surface area (Å²) >= 11 is 0. The minimum Gasteiger partial charge on any atom is -0.342 e. The average Bonchev–Trinajstić information content (AvgIpc) is 2.80. The molecule has 31 heavy (non-hydrogen) atoms. The Hall–Kier alpha value is -2.45. The lowest BCUT2D eigenvalue weighted by atomic mass is 9.93. The SMILES string of the molecule is O=C(C1CCN(Cc2ccnnc2)CC1)N1CCC(NCc2ccc(F)cc2F)CC1. The van der Waals surface area contributed by atoms with Gasteiger partial charge in [0.15, 0.2) is 0 Å². The van der Waals surface area contributed by atoms with Crippen LogP contribution in [-0.2, 0) is 17.9 Å². The van der Waals surface area contributed by atoms with Crippen LogP contribution < -0.4 is 5.32 Å². The monoisotopic (exact) mass is 429 g/mol. The van der Waals surface area contributed by atoms with E-state index in [4.69, 9.17) is 0 Å². The van der Waals surface area contributed by atoms with Crippen LogP contribution in [-0.4, -0.2) is 58.1 Å². The number of hydrogen-bond acceptors (Lipinski definition) is 5. The Morgan fingerprint density at radius 2 is 1.81 bits per heavy atom. The molecule has 1 aromatic heterocycles. The van der Waals surface area contributed by atoms with Crippen molar-refractivity contribution in [1.29, 1.82) is 0 Å². The maximum absolute atomic E-state index is 13.8. The topological polar surface area (TPSA) is 61.4 Å². The third-order valence-electron chi connectivity index (χ3n) is 6.39. The quantitative estimate of drug-likeness (QED) is 0.765. The van der Waals surface area contributed by atoms with Crippen LogP contribution in [0.15, 0.2) is 36.7 Å². The molecule has 8 heteroatoms. The standard InChI is InChI=1S/C23H29F2N5O/c24-20-2-1-19(22(25)13-20)15-26-21-6-11-30(12-7-21)23(31)18-4-9-29(10-5-18)16-17-3-8-27-28-14-17/h1-3,8,13-14,18,21,26H,4-7,9-12,15-16H2. The number of carbonyl (C=O) groups is 1. The van der Waals surface area contributed by atoms with Crippen molar-refractivity contribution in [3.8, 4) is 0 Å². The maximum Gasteiger partial charge on any atom is 0.225 e. The van der Waals surface area contributed by atoms with Crippen molar-refractivity contribution >= 4 is 5.91 Å². The van der Waals surface area contributed by atoms with Crippen LogP contribution in [0.5, 0.6) is 0 Å². The molecule has 2 aliphatic rings. The number of nitrogens with zero attached hydrogens (tertiary/aromatic N) is 4. The zero-order chi connectivity index (χ0) is 21.6. The van der Waals surface area contributed by atoms with Crippen molar-refractivity contribution in [2.24, 2.45) is 5.92 Å². The molecular weight excluding hydrogens is 400 g/mol. The lowest BCUT2D eigenvalue weighted by molar-refractivity contribution is -0.138. The van der Waals surface area contributed by atoms with Gasteiger partial charge in [-0.1, -0.05) is 6.07 Å². The van der Waals surface area contributed by atoms with Crippen LogP contribution in [0.4, 0.5) is 8.78 Å². The van der Waals surface area contributed by atoms with Gasteiger partial charge in [-0.05, 0) is 56.5 Å². The second-order valence-corrected chi connectivity index (χ2v) is 8.52. The number of carbonyl (C=O) groups excluding carboxylic acids is 1. The van der Waals surface area contributed by atoms with E-state index in [2.05, 4.69) is 20.4 Å². The minimum absolute atomic E-state index is 0.102. The molecule has 4 rings (SSSR count). The van der Waals surface area contributed by atoms with E-state index in [1.165, 1.54) is 12.1 Å². The fourth-order valence-electron chi connectivity index (χ4n) is 4.49. The van der Waals surface area contributed by atoms with Gasteiger partial charge in [0.2, 0.25) is 5.91 Å². The Labute approximate surface area is 181 Å². The first-order valence-electron chi connectivity index (χ1n) is 11.0. The maximum atomic E-state index is 13.8. The molecule has 2 fully saturated rings. The summed E-state index contributed by atoms with van der Waals surface area (Å²) in [6.07, 6.45) is 6.98. The lowest BCUT2D eigenvalue weighted by Gasteiger charge is -2.37. The Morgan fingerprint density at radius 3 is 2.48 bits per heavy atom. The molecule has 0 bridgehead atoms. The van der Waals surface area contributed by atoms with Crippen LogP contribution in [0.3, 0.4) is 0 Å². The number of benzene rings is 1. The molecule has 0 saturated carbocycles. The summed E-state index contributed by atoms with van der Waals surface area (Å²) in [5.41, 5.74) is 1.61. The van der Waals surface area contributed by atoms with E-state index < -0.39 is 11.6 Å². The Bertz CT molecular complexity index is 866. The second kappa shape index (κ2) is 10.2. The number of amides is 1. The number of nitrogens with one attached hydrogen (secondary N) is 1. The smallest absolute Gasteiger partial charge is 0.225 e. The zero-order valence-electron chi connectivity index (χ0n) is 17.6. The largest absolute Gasteiger partial charge is 0.342 e. The van der Waals surface area contributed by atoms with Crippen LogP contribution in [0.25, 0.3) is 0 Å². The Morgan fingerprint density at radius 1 is 1.03 bits per heavy atom. The van der Waals surface area contributed by atoms with Gasteiger partial charge in [-0.15, -0.1) is 0 Å². The Kier molecular flexibility index (Phi) is 7.19. The molecule has 6 nitrogen and oxygen atoms in total. The summed E-state index contributed by atoms with van der Waals surface area (Å²) in [5.74, 6) is -0.710. The molecule has 2 aromatic rings. The van der Waals surface area contributed by atoms with E-state index in [-0.39, 0.29) is 17.9 Å². The molecule has 2 aliphatic heterocycles. The van der Waals surface area contributed by atoms with Gasteiger partial charge in [0, 0.05) is 56.0 Å². The highest BCUT2D eigenvalue weighted by molar-refractivity contribution is 5.79. The van der Waals surface area contributed by atoms with E-state index in [1.807, 2.05) is 11.0 Å². The molecule has 0 atom stereocenters. The van der Waals surface area contributed by atoms with Gasteiger partial charge in [-0.25, -0.2) is 8.78 Å². The van der Waals surface area contributed by atoms with E-state index >= 15 is 0 Å². The highest BCUT2D eigenvalue weighted by atomic mass is 19.1. The number of halogens is 2. The average molecular weight is 430 g/mol. The van der Waals surface area contributed by atoms with E-state index in [9.17, 15) is 13.6 Å². The van der Waals surface area contributed by atoms with Gasteiger partial charge >= 0.3 is 0 Å². The minimum atomic E-state index is -0.562. The number of aromatic nitrogens is 2. The van der Waals surface area contributed by atoms with Crippen molar-refractivity contribution in [1.82, 2.24) is 25.3 Å². The molecular formula is C23H29F2N5O. The molecule has 0 unspecified atom stereocenters. The Balaban J connectivity index is 1.18. The predicted octanol–water partition coefficient (Wildman–Crippen LogP) is 2.75. The first-order valence-corrected chi connectivity index (χ1v) is 11.0. The zero-order valence-corrected chi connectivity index (χ0v) is 17.6. The third-order valence-corrected chi connectivity index (χ3v) is 6.39. The molecule has 166 valence electrons. The molecule has 0 radical (unpaired) electrons. The van der Waals surface area contributed by atoms with Crippen molar-refractivity contribution in [2.45, 2.75) is 44.8 Å². The van der Waals surface area contributed by atoms with Gasteiger partial charge in [0.1, 0.15) is 11.6 Å². The fourth-order valence-corrected chi connectivity index (χ4v) is 4.49. The molecule has 0 spiro atoms. The van der Waals surface area contributed by atoms with Gasteiger partial charge in [-0.2, -0.15) is 10.2 Å². The molecule has 0 aliphatic carbocycles. The highest BCUT2D eigenvalue weighted by Crippen LogP contribution is 2.23. The molecule has 1 amide bonds. The van der Waals surface area contributed by atoms with Crippen LogP contribution in [0, 0.1) is 17.6 Å². The summed E-state index contributed by atoms with van der Waals surface area (Å²) < 4.78 is 26.8. The molecule has 2 saturated heterocycles. The van der Waals surface area contributed by atoms with Crippen molar-refractivity contribution in [2.75, 3.05) is 26.2 Å². The van der Waals surface area contributed by atoms with Crippen molar-refractivity contribution in [3.05, 3.63) is 59.4 Å². The summed E-state index contributed by atoms with van der Waals surface area (Å²) in [6, 6.07) is 5.89. The number of rotatable bonds is 6. The molecule has 3 heterocycles. The molecule has 1 aromatic carbocycles. The summed E-state index contributed by atoms with van der Waals surface area (Å²) in [7, 11) is 0. The van der Waals surface area contributed by atoms with Gasteiger partial charge < -0.3 is 10.2 Å². The number of likely N-dealkylation sites (tertiary alicyclic amines) is 2. The van der Waals surface area contributed by atoms with Gasteiger partial charge in [0.05, 0.1) is 6.20 Å². The first-order chi connectivity index (χ1) is 15.1. The lowest BCUT2D eigenvalue weighted by Crippen LogP contribution is -2.48. The second-order valence-electron chi connectivity index (χ2n) is 8.52. The first kappa shape index (κ1) is 21.8. The van der Waals surface area contributed by atoms with Gasteiger partial charge in [-0.3, -0.25) is 9.69 Å². The van der Waals surface area contributed by atoms with Crippen molar-refractivity contribution in [3.63, 3.8) is 0 Å². The highest BCUT2D eigenvalue weighted by Gasteiger charge is 2.30. The molecule has 1 N–H and O–H groups in total. The summed E-state index contributed by atoms with van der Waals surface area (Å²) in [5, 5.41) is 11.1. The van der Waals surface area contributed by atoms with E-state index in [0.29, 0.717) is 12.1 Å². The summed E-state index contributed by atoms with van der Waals surface area (Å²) in [4.78, 5) is 17.3. The number of piperidine rings is 2. The predicted molar refractivity (Wildman–Crippen MR) is 113 cm³/mol. The number of hydrogen-bond donors (Lipinski definition) is 1. The third kappa shape index (κ3) is 5.83. The summed E-state index contributed by atoms with van der Waals surface area (Å²) in [6.45, 7) is 4.51. The van der Waals surface area contributed by atoms with Crippen molar-refractivity contribution < 1.29 is 13.6 Å². The van der Waals surface area contributed by atoms with E-state index in [1.54, 1.807) is 12.4 Å². The van der Waals surface area contributed by atoms with Crippen LogP contribution in [0.1, 0.15) is 36.8 Å². The van der Waals surface area contributed by atoms with Crippen LogP contribution in [0.2, 0.25) is 0 Å². The van der Waals surface area contributed by atoms with Gasteiger partial charge in [0.25, 0.3) is 0 Å². The van der Waals surface area contributed by atoms with Crippen LogP contribution >= 0.6 is 0 Å².